The Hall–Kier alpha value is -2.44. The summed E-state index contributed by atoms with van der Waals surface area (Å²) in [7, 11) is 3.98. The lowest BCUT2D eigenvalue weighted by Crippen LogP contribution is -2.39. The molecule has 0 bridgehead atoms. The van der Waals surface area contributed by atoms with Crippen LogP contribution in [0.5, 0.6) is 0 Å². The fourth-order valence-electron chi connectivity index (χ4n) is 3.32. The van der Waals surface area contributed by atoms with Crippen LogP contribution in [0.3, 0.4) is 0 Å². The van der Waals surface area contributed by atoms with Crippen molar-refractivity contribution in [1.82, 2.24) is 20.0 Å². The van der Waals surface area contributed by atoms with Crippen molar-refractivity contribution < 1.29 is 9.32 Å². The fourth-order valence-corrected chi connectivity index (χ4v) is 3.32. The van der Waals surface area contributed by atoms with E-state index in [0.717, 1.165) is 38.2 Å². The first-order chi connectivity index (χ1) is 12.6. The summed E-state index contributed by atoms with van der Waals surface area (Å²) in [4.78, 5) is 25.2. The normalized spacial score (nSPS) is 17.3. The highest BCUT2D eigenvalue weighted by Gasteiger charge is 2.25. The molecule has 1 amide bonds. The summed E-state index contributed by atoms with van der Waals surface area (Å²) in [6.07, 6.45) is 5.64. The van der Waals surface area contributed by atoms with Crippen molar-refractivity contribution in [3.05, 3.63) is 35.6 Å². The molecule has 7 heteroatoms. The zero-order valence-electron chi connectivity index (χ0n) is 15.8. The van der Waals surface area contributed by atoms with Crippen molar-refractivity contribution in [2.45, 2.75) is 44.9 Å². The number of anilines is 1. The fraction of sp³-hybridized carbons (Fsp3) is 0.579. The molecule has 3 rings (SSSR count). The van der Waals surface area contributed by atoms with E-state index in [9.17, 15) is 4.79 Å². The predicted octanol–water partition coefficient (Wildman–Crippen LogP) is 2.43. The number of piperidine rings is 1. The van der Waals surface area contributed by atoms with E-state index in [4.69, 9.17) is 4.52 Å². The van der Waals surface area contributed by atoms with Gasteiger partial charge in [-0.2, -0.15) is 4.98 Å². The summed E-state index contributed by atoms with van der Waals surface area (Å²) >= 11 is 0. The van der Waals surface area contributed by atoms with Crippen LogP contribution >= 0.6 is 0 Å². The van der Waals surface area contributed by atoms with Gasteiger partial charge in [0, 0.05) is 58.6 Å². The maximum Gasteiger partial charge on any atom is 0.227 e. The minimum Gasteiger partial charge on any atom is -0.363 e. The molecule has 1 aliphatic rings. The summed E-state index contributed by atoms with van der Waals surface area (Å²) in [5.41, 5.74) is 1.26. The molecule has 26 heavy (non-hydrogen) atoms. The summed E-state index contributed by atoms with van der Waals surface area (Å²) in [5, 5.41) is 3.88. The van der Waals surface area contributed by atoms with E-state index < -0.39 is 0 Å². The van der Waals surface area contributed by atoms with Crippen molar-refractivity contribution in [3.8, 4) is 0 Å². The number of likely N-dealkylation sites (tertiary alicyclic amines) is 1. The SMILES string of the molecule is CCc1noc(CCC(=O)N2CCC[C@H](c3ccnc(N(C)C)c3)C2)n1. The number of carbonyl (C=O) groups is 1. The van der Waals surface area contributed by atoms with Gasteiger partial charge in [-0.05, 0) is 30.5 Å². The Morgan fingerprint density at radius 2 is 2.27 bits per heavy atom. The van der Waals surface area contributed by atoms with E-state index in [1.165, 1.54) is 5.56 Å². The number of rotatable bonds is 6. The number of pyridine rings is 1. The molecule has 1 fully saturated rings. The van der Waals surface area contributed by atoms with Gasteiger partial charge in [0.15, 0.2) is 5.82 Å². The van der Waals surface area contributed by atoms with Crippen LogP contribution < -0.4 is 4.90 Å². The molecule has 0 aliphatic carbocycles. The van der Waals surface area contributed by atoms with Gasteiger partial charge in [-0.25, -0.2) is 4.98 Å². The minimum absolute atomic E-state index is 0.160. The highest BCUT2D eigenvalue weighted by atomic mass is 16.5. The lowest BCUT2D eigenvalue weighted by atomic mass is 9.91. The maximum absolute atomic E-state index is 12.6. The maximum atomic E-state index is 12.6. The van der Waals surface area contributed by atoms with Crippen LogP contribution in [-0.4, -0.2) is 53.1 Å². The highest BCUT2D eigenvalue weighted by Crippen LogP contribution is 2.28. The van der Waals surface area contributed by atoms with E-state index in [0.29, 0.717) is 30.5 Å². The molecule has 1 aliphatic heterocycles. The largest absolute Gasteiger partial charge is 0.363 e. The molecule has 1 atom stereocenters. The van der Waals surface area contributed by atoms with Gasteiger partial charge < -0.3 is 14.3 Å². The van der Waals surface area contributed by atoms with Crippen molar-refractivity contribution in [1.29, 1.82) is 0 Å². The Labute approximate surface area is 154 Å². The van der Waals surface area contributed by atoms with Gasteiger partial charge in [0.1, 0.15) is 5.82 Å². The van der Waals surface area contributed by atoms with Gasteiger partial charge in [-0.1, -0.05) is 12.1 Å². The lowest BCUT2D eigenvalue weighted by Gasteiger charge is -2.33. The molecule has 3 heterocycles. The smallest absolute Gasteiger partial charge is 0.227 e. The number of aryl methyl sites for hydroxylation is 2. The van der Waals surface area contributed by atoms with Gasteiger partial charge in [-0.15, -0.1) is 0 Å². The van der Waals surface area contributed by atoms with Gasteiger partial charge >= 0.3 is 0 Å². The Balaban J connectivity index is 1.58. The second kappa shape index (κ2) is 8.29. The molecule has 0 radical (unpaired) electrons. The van der Waals surface area contributed by atoms with Crippen LogP contribution in [0, 0.1) is 0 Å². The van der Waals surface area contributed by atoms with E-state index >= 15 is 0 Å². The molecular formula is C19H27N5O2. The van der Waals surface area contributed by atoms with Crippen LogP contribution in [0.4, 0.5) is 5.82 Å². The molecule has 1 saturated heterocycles. The predicted molar refractivity (Wildman–Crippen MR) is 99.1 cm³/mol. The Morgan fingerprint density at radius 3 is 3.00 bits per heavy atom. The molecule has 0 aromatic carbocycles. The summed E-state index contributed by atoms with van der Waals surface area (Å²) < 4.78 is 5.18. The van der Waals surface area contributed by atoms with Crippen molar-refractivity contribution in [2.24, 2.45) is 0 Å². The molecule has 2 aromatic rings. The monoisotopic (exact) mass is 357 g/mol. The Morgan fingerprint density at radius 1 is 1.42 bits per heavy atom. The van der Waals surface area contributed by atoms with Crippen LogP contribution in [0.1, 0.15) is 49.4 Å². The first kappa shape index (κ1) is 18.4. The van der Waals surface area contributed by atoms with Crippen molar-refractivity contribution >= 4 is 11.7 Å². The standard InChI is InChI=1S/C19H27N5O2/c1-4-16-21-18(26-22-16)7-8-19(25)24-11-5-6-15(13-24)14-9-10-20-17(12-14)23(2)3/h9-10,12,15H,4-8,11,13H2,1-3H3/t15-/m0/s1. The van der Waals surface area contributed by atoms with Gasteiger partial charge in [-0.3, -0.25) is 4.79 Å². The third kappa shape index (κ3) is 4.39. The number of carbonyl (C=O) groups excluding carboxylic acids is 1. The molecule has 0 N–H and O–H groups in total. The molecule has 0 saturated carbocycles. The second-order valence-electron chi connectivity index (χ2n) is 6.98. The topological polar surface area (TPSA) is 75.4 Å². The minimum atomic E-state index is 0.160. The van der Waals surface area contributed by atoms with Crippen molar-refractivity contribution in [3.63, 3.8) is 0 Å². The average Bonchev–Trinajstić information content (AvgIpc) is 3.14. The zero-order valence-corrected chi connectivity index (χ0v) is 15.8. The van der Waals surface area contributed by atoms with Gasteiger partial charge in [0.05, 0.1) is 0 Å². The van der Waals surface area contributed by atoms with Gasteiger partial charge in [0.25, 0.3) is 0 Å². The number of amides is 1. The molecule has 2 aromatic heterocycles. The molecule has 0 unspecified atom stereocenters. The van der Waals surface area contributed by atoms with Gasteiger partial charge in [0.2, 0.25) is 11.8 Å². The zero-order chi connectivity index (χ0) is 18.5. The summed E-state index contributed by atoms with van der Waals surface area (Å²) in [6.45, 7) is 3.57. The first-order valence-electron chi connectivity index (χ1n) is 9.29. The Bertz CT molecular complexity index is 743. The third-order valence-electron chi connectivity index (χ3n) is 4.85. The van der Waals surface area contributed by atoms with Crippen LogP contribution in [0.25, 0.3) is 0 Å². The number of aromatic nitrogens is 3. The Kier molecular flexibility index (Phi) is 5.85. The number of hydrogen-bond donors (Lipinski definition) is 0. The van der Waals surface area contributed by atoms with Crippen LogP contribution in [0.2, 0.25) is 0 Å². The molecular weight excluding hydrogens is 330 g/mol. The molecule has 7 nitrogen and oxygen atoms in total. The second-order valence-corrected chi connectivity index (χ2v) is 6.98. The number of nitrogens with zero attached hydrogens (tertiary/aromatic N) is 5. The van der Waals surface area contributed by atoms with Crippen LogP contribution in [0.15, 0.2) is 22.9 Å². The summed E-state index contributed by atoms with van der Waals surface area (Å²) in [6, 6.07) is 4.19. The van der Waals surface area contributed by atoms with Crippen molar-refractivity contribution in [2.75, 3.05) is 32.1 Å². The van der Waals surface area contributed by atoms with Crippen LogP contribution in [-0.2, 0) is 17.6 Å². The first-order valence-corrected chi connectivity index (χ1v) is 9.29. The van der Waals surface area contributed by atoms with E-state index in [2.05, 4.69) is 27.3 Å². The summed E-state index contributed by atoms with van der Waals surface area (Å²) in [5.74, 6) is 2.72. The average molecular weight is 357 g/mol. The van der Waals surface area contributed by atoms with E-state index in [1.807, 2.05) is 37.0 Å². The molecule has 140 valence electrons. The third-order valence-corrected chi connectivity index (χ3v) is 4.85. The lowest BCUT2D eigenvalue weighted by molar-refractivity contribution is -0.132. The molecule has 0 spiro atoms. The number of hydrogen-bond acceptors (Lipinski definition) is 6. The quantitative estimate of drug-likeness (QED) is 0.790. The van der Waals surface area contributed by atoms with E-state index in [-0.39, 0.29) is 5.91 Å². The highest BCUT2D eigenvalue weighted by molar-refractivity contribution is 5.76. The van der Waals surface area contributed by atoms with E-state index in [1.54, 1.807) is 0 Å².